The van der Waals surface area contributed by atoms with Gasteiger partial charge in [0.25, 0.3) is 0 Å². The van der Waals surface area contributed by atoms with Crippen molar-refractivity contribution in [2.45, 2.75) is 6.42 Å². The van der Waals surface area contributed by atoms with E-state index in [1.165, 1.54) is 0 Å². The van der Waals surface area contributed by atoms with Crippen LogP contribution in [-0.2, 0) is 6.42 Å². The highest BCUT2D eigenvalue weighted by molar-refractivity contribution is 6.28. The molecular formula is C12H11Cl2N3O2. The van der Waals surface area contributed by atoms with Gasteiger partial charge in [0.2, 0.25) is 5.28 Å². The van der Waals surface area contributed by atoms with Gasteiger partial charge in [-0.3, -0.25) is 0 Å². The third kappa shape index (κ3) is 3.81. The van der Waals surface area contributed by atoms with Crippen LogP contribution in [0, 0.1) is 0 Å². The van der Waals surface area contributed by atoms with Gasteiger partial charge >= 0.3 is 5.97 Å². The number of nitrogen functional groups attached to an aromatic ring is 1. The number of aromatic nitrogens is 2. The molecule has 0 radical (unpaired) electrons. The van der Waals surface area contributed by atoms with Crippen LogP contribution >= 0.6 is 24.0 Å². The molecule has 0 aliphatic heterocycles. The van der Waals surface area contributed by atoms with Crippen LogP contribution in [0.1, 0.15) is 21.6 Å². The first-order valence-corrected chi connectivity index (χ1v) is 5.54. The molecule has 0 unspecified atom stereocenters. The van der Waals surface area contributed by atoms with E-state index in [2.05, 4.69) is 9.97 Å². The highest BCUT2D eigenvalue weighted by Crippen LogP contribution is 2.15. The second-order valence-electron chi connectivity index (χ2n) is 3.69. The summed E-state index contributed by atoms with van der Waals surface area (Å²) in [6.45, 7) is 0. The molecule has 5 nitrogen and oxygen atoms in total. The van der Waals surface area contributed by atoms with Gasteiger partial charge in [0.05, 0.1) is 11.3 Å². The van der Waals surface area contributed by atoms with Crippen LogP contribution in [0.25, 0.3) is 0 Å². The van der Waals surface area contributed by atoms with E-state index in [0.717, 1.165) is 0 Å². The minimum absolute atomic E-state index is 0. The standard InChI is InChI=1S/C12H10ClN3O2.ClH/c13-12-15-8(6-10(14)16-12)5-7-3-1-2-4-9(7)11(17)18;/h1-4,6H,5H2,(H,17,18)(H2,14,15,16);1H. The van der Waals surface area contributed by atoms with Gasteiger partial charge in [-0.15, -0.1) is 12.4 Å². The van der Waals surface area contributed by atoms with Crippen LogP contribution in [0.2, 0.25) is 5.28 Å². The molecule has 0 atom stereocenters. The van der Waals surface area contributed by atoms with Gasteiger partial charge in [-0.1, -0.05) is 18.2 Å². The molecule has 7 heteroatoms. The van der Waals surface area contributed by atoms with Crippen molar-refractivity contribution < 1.29 is 9.90 Å². The molecule has 2 rings (SSSR count). The minimum atomic E-state index is -0.973. The van der Waals surface area contributed by atoms with E-state index < -0.39 is 5.97 Å². The van der Waals surface area contributed by atoms with Crippen LogP contribution in [-0.4, -0.2) is 21.0 Å². The molecule has 100 valence electrons. The molecule has 19 heavy (non-hydrogen) atoms. The highest BCUT2D eigenvalue weighted by atomic mass is 35.5. The van der Waals surface area contributed by atoms with Crippen molar-refractivity contribution in [1.82, 2.24) is 9.97 Å². The van der Waals surface area contributed by atoms with Gasteiger partial charge in [-0.25, -0.2) is 14.8 Å². The number of anilines is 1. The summed E-state index contributed by atoms with van der Waals surface area (Å²) in [4.78, 5) is 18.8. The summed E-state index contributed by atoms with van der Waals surface area (Å²) in [6, 6.07) is 8.30. The van der Waals surface area contributed by atoms with Gasteiger partial charge in [0, 0.05) is 12.5 Å². The Morgan fingerprint density at radius 1 is 1.32 bits per heavy atom. The number of nitrogens with two attached hydrogens (primary N) is 1. The maximum atomic E-state index is 11.1. The fourth-order valence-corrected chi connectivity index (χ4v) is 1.86. The number of nitrogens with zero attached hydrogens (tertiary/aromatic N) is 2. The van der Waals surface area contributed by atoms with Crippen LogP contribution in [0.3, 0.4) is 0 Å². The number of benzene rings is 1. The highest BCUT2D eigenvalue weighted by Gasteiger charge is 2.10. The quantitative estimate of drug-likeness (QED) is 0.850. The van der Waals surface area contributed by atoms with Crippen molar-refractivity contribution in [2.24, 2.45) is 0 Å². The van der Waals surface area contributed by atoms with E-state index in [1.54, 1.807) is 30.3 Å². The monoisotopic (exact) mass is 299 g/mol. The number of hydrogen-bond acceptors (Lipinski definition) is 4. The van der Waals surface area contributed by atoms with E-state index in [-0.39, 0.29) is 29.1 Å². The van der Waals surface area contributed by atoms with Crippen molar-refractivity contribution in [1.29, 1.82) is 0 Å². The lowest BCUT2D eigenvalue weighted by atomic mass is 10.0. The molecule has 0 bridgehead atoms. The molecule has 1 aromatic carbocycles. The van der Waals surface area contributed by atoms with Crippen LogP contribution in [0.15, 0.2) is 30.3 Å². The Hall–Kier alpha value is -1.85. The summed E-state index contributed by atoms with van der Waals surface area (Å²) in [6.07, 6.45) is 0.342. The van der Waals surface area contributed by atoms with E-state index >= 15 is 0 Å². The summed E-state index contributed by atoms with van der Waals surface area (Å²) in [5.74, 6) is -0.712. The van der Waals surface area contributed by atoms with Crippen molar-refractivity contribution in [2.75, 3.05) is 5.73 Å². The first-order chi connectivity index (χ1) is 8.56. The zero-order valence-electron chi connectivity index (χ0n) is 9.71. The molecule has 2 aromatic rings. The lowest BCUT2D eigenvalue weighted by molar-refractivity contribution is 0.0696. The molecular weight excluding hydrogens is 289 g/mol. The maximum Gasteiger partial charge on any atom is 0.335 e. The molecule has 0 amide bonds. The molecule has 0 saturated heterocycles. The summed E-state index contributed by atoms with van der Waals surface area (Å²) in [7, 11) is 0. The fourth-order valence-electron chi connectivity index (χ4n) is 1.65. The number of carboxylic acids is 1. The number of aromatic carboxylic acids is 1. The lowest BCUT2D eigenvalue weighted by Crippen LogP contribution is -2.05. The predicted octanol–water partition coefficient (Wildman–Crippen LogP) is 2.42. The van der Waals surface area contributed by atoms with Gasteiger partial charge in [-0.05, 0) is 23.2 Å². The SMILES string of the molecule is Cl.Nc1cc(Cc2ccccc2C(=O)O)nc(Cl)n1. The summed E-state index contributed by atoms with van der Waals surface area (Å²) in [5, 5.41) is 9.12. The van der Waals surface area contributed by atoms with Crippen LogP contribution in [0.5, 0.6) is 0 Å². The molecule has 3 N–H and O–H groups in total. The average molecular weight is 300 g/mol. The van der Waals surface area contributed by atoms with Crippen molar-refractivity contribution in [3.8, 4) is 0 Å². The summed E-state index contributed by atoms with van der Waals surface area (Å²) >= 11 is 5.70. The molecule has 0 aliphatic carbocycles. The molecule has 0 fully saturated rings. The largest absolute Gasteiger partial charge is 0.478 e. The zero-order chi connectivity index (χ0) is 13.1. The van der Waals surface area contributed by atoms with Gasteiger partial charge in [0.15, 0.2) is 0 Å². The van der Waals surface area contributed by atoms with Crippen molar-refractivity contribution in [3.63, 3.8) is 0 Å². The normalized spacial score (nSPS) is 9.74. The van der Waals surface area contributed by atoms with Gasteiger partial charge in [-0.2, -0.15) is 0 Å². The number of carbonyl (C=O) groups is 1. The predicted molar refractivity (Wildman–Crippen MR) is 74.9 cm³/mol. The minimum Gasteiger partial charge on any atom is -0.478 e. The second-order valence-corrected chi connectivity index (χ2v) is 4.03. The molecule has 0 spiro atoms. The molecule has 0 aliphatic rings. The average Bonchev–Trinajstić information content (AvgIpc) is 2.27. The smallest absolute Gasteiger partial charge is 0.335 e. The Labute approximate surface area is 120 Å². The number of halogens is 2. The lowest BCUT2D eigenvalue weighted by Gasteiger charge is -2.06. The molecule has 0 saturated carbocycles. The second kappa shape index (κ2) is 6.36. The molecule has 1 aromatic heterocycles. The third-order valence-corrected chi connectivity index (χ3v) is 2.56. The Kier molecular flexibility index (Phi) is 5.09. The van der Waals surface area contributed by atoms with E-state index in [4.69, 9.17) is 22.4 Å². The summed E-state index contributed by atoms with van der Waals surface area (Å²) in [5.41, 5.74) is 7.04. The van der Waals surface area contributed by atoms with Crippen LogP contribution < -0.4 is 5.73 Å². The first kappa shape index (κ1) is 15.2. The Bertz CT molecular complexity index is 585. The first-order valence-electron chi connectivity index (χ1n) is 5.16. The van der Waals surface area contributed by atoms with E-state index in [1.807, 2.05) is 0 Å². The number of rotatable bonds is 3. The Morgan fingerprint density at radius 2 is 2.00 bits per heavy atom. The van der Waals surface area contributed by atoms with E-state index in [0.29, 0.717) is 17.7 Å². The van der Waals surface area contributed by atoms with E-state index in [9.17, 15) is 4.79 Å². The zero-order valence-corrected chi connectivity index (χ0v) is 11.3. The Morgan fingerprint density at radius 3 is 2.63 bits per heavy atom. The third-order valence-electron chi connectivity index (χ3n) is 2.39. The van der Waals surface area contributed by atoms with Crippen molar-refractivity contribution in [3.05, 3.63) is 52.4 Å². The maximum absolute atomic E-state index is 11.1. The van der Waals surface area contributed by atoms with Gasteiger partial charge in [0.1, 0.15) is 5.82 Å². The molecule has 1 heterocycles. The Balaban J connectivity index is 0.00000180. The van der Waals surface area contributed by atoms with Crippen molar-refractivity contribution >= 4 is 35.8 Å². The summed E-state index contributed by atoms with van der Waals surface area (Å²) < 4.78 is 0. The topological polar surface area (TPSA) is 89.1 Å². The fraction of sp³-hybridized carbons (Fsp3) is 0.0833. The number of hydrogen-bond donors (Lipinski definition) is 2. The van der Waals surface area contributed by atoms with Gasteiger partial charge < -0.3 is 10.8 Å². The van der Waals surface area contributed by atoms with Crippen LogP contribution in [0.4, 0.5) is 5.82 Å². The number of carboxylic acid groups (broad SMARTS) is 1.